The highest BCUT2D eigenvalue weighted by Gasteiger charge is 2.32. The Morgan fingerprint density at radius 1 is 1.69 bits per heavy atom. The maximum absolute atomic E-state index is 12.4. The van der Waals surface area contributed by atoms with Crippen LogP contribution in [0, 0.1) is 0 Å². The van der Waals surface area contributed by atoms with Crippen molar-refractivity contribution in [3.8, 4) is 0 Å². The largest absolute Gasteiger partial charge is 0.330 e. The van der Waals surface area contributed by atoms with E-state index >= 15 is 0 Å². The minimum atomic E-state index is -2.51. The number of hydrogen-bond acceptors (Lipinski definition) is 3. The van der Waals surface area contributed by atoms with Crippen molar-refractivity contribution in [3.05, 3.63) is 0 Å². The molecule has 0 aromatic heterocycles. The number of carbonyl (C=O) groups excluding carboxylic acids is 1. The number of piperazine rings is 1. The van der Waals surface area contributed by atoms with Crippen LogP contribution < -0.4 is 11.1 Å². The number of hydrogen-bond donors (Lipinski definition) is 2. The average Bonchev–Trinajstić information content (AvgIpc) is 2.16. The lowest BCUT2D eigenvalue weighted by atomic mass is 10.2. The lowest BCUT2D eigenvalue weighted by Gasteiger charge is -2.35. The molecular weight excluding hydrogens is 180 g/mol. The predicted octanol–water partition coefficient (Wildman–Crippen LogP) is -0.989. The second-order valence-electron chi connectivity index (χ2n) is 2.90. The van der Waals surface area contributed by atoms with E-state index in [2.05, 4.69) is 5.32 Å². The van der Waals surface area contributed by atoms with Gasteiger partial charge in [-0.1, -0.05) is 0 Å². The first kappa shape index (κ1) is 10.3. The zero-order valence-corrected chi connectivity index (χ0v) is 7.17. The summed E-state index contributed by atoms with van der Waals surface area (Å²) in [5.41, 5.74) is 5.11. The summed E-state index contributed by atoms with van der Waals surface area (Å²) in [4.78, 5) is 12.3. The fourth-order valence-electron chi connectivity index (χ4n) is 1.38. The fraction of sp³-hybridized carbons (Fsp3) is 0.857. The van der Waals surface area contributed by atoms with Crippen LogP contribution in [-0.4, -0.2) is 49.5 Å². The minimum absolute atomic E-state index is 0.142. The molecule has 0 radical (unpaired) electrons. The highest BCUT2D eigenvalue weighted by atomic mass is 19.3. The molecule has 0 aliphatic carbocycles. The van der Waals surface area contributed by atoms with Crippen LogP contribution >= 0.6 is 0 Å². The maximum atomic E-state index is 12.4. The predicted molar refractivity (Wildman–Crippen MR) is 43.4 cm³/mol. The Labute approximate surface area is 75.1 Å². The highest BCUT2D eigenvalue weighted by molar-refractivity contribution is 5.78. The molecule has 0 bridgehead atoms. The zero-order valence-electron chi connectivity index (χ0n) is 7.17. The second kappa shape index (κ2) is 4.48. The van der Waals surface area contributed by atoms with Crippen molar-refractivity contribution in [2.75, 3.05) is 26.2 Å². The van der Waals surface area contributed by atoms with E-state index in [1.807, 2.05) is 0 Å². The highest BCUT2D eigenvalue weighted by Crippen LogP contribution is 2.11. The first-order chi connectivity index (χ1) is 6.16. The molecule has 1 aliphatic heterocycles. The van der Waals surface area contributed by atoms with Crippen molar-refractivity contribution in [1.82, 2.24) is 10.2 Å². The maximum Gasteiger partial charge on any atom is 0.259 e. The van der Waals surface area contributed by atoms with Gasteiger partial charge < -0.3 is 16.0 Å². The quantitative estimate of drug-likeness (QED) is 0.592. The molecule has 1 amide bonds. The van der Waals surface area contributed by atoms with E-state index in [9.17, 15) is 13.6 Å². The Morgan fingerprint density at radius 3 is 2.92 bits per heavy atom. The average molecular weight is 193 g/mol. The number of amides is 1. The number of carbonyl (C=O) groups is 1. The Hall–Kier alpha value is -0.750. The normalized spacial score (nSPS) is 23.7. The van der Waals surface area contributed by atoms with E-state index < -0.39 is 18.4 Å². The van der Waals surface area contributed by atoms with Gasteiger partial charge in [0.25, 0.3) is 6.43 Å². The second-order valence-corrected chi connectivity index (χ2v) is 2.90. The molecule has 13 heavy (non-hydrogen) atoms. The summed E-state index contributed by atoms with van der Waals surface area (Å²) in [7, 11) is 0. The van der Waals surface area contributed by atoms with Crippen LogP contribution in [0.4, 0.5) is 8.78 Å². The molecule has 1 fully saturated rings. The van der Waals surface area contributed by atoms with Crippen LogP contribution in [0.5, 0.6) is 0 Å². The SMILES string of the molecule is NCC(=O)N1CCNCC1C(F)F. The van der Waals surface area contributed by atoms with E-state index in [0.29, 0.717) is 13.1 Å². The van der Waals surface area contributed by atoms with E-state index in [1.54, 1.807) is 0 Å². The molecule has 1 heterocycles. The number of nitrogens with zero attached hydrogens (tertiary/aromatic N) is 1. The van der Waals surface area contributed by atoms with Gasteiger partial charge in [0.2, 0.25) is 5.91 Å². The van der Waals surface area contributed by atoms with E-state index in [4.69, 9.17) is 5.73 Å². The smallest absolute Gasteiger partial charge is 0.259 e. The van der Waals surface area contributed by atoms with Gasteiger partial charge in [-0.15, -0.1) is 0 Å². The third-order valence-electron chi connectivity index (χ3n) is 2.07. The van der Waals surface area contributed by atoms with Gasteiger partial charge in [0.1, 0.15) is 6.04 Å². The summed E-state index contributed by atoms with van der Waals surface area (Å²) >= 11 is 0. The van der Waals surface area contributed by atoms with Crippen molar-refractivity contribution in [2.24, 2.45) is 5.73 Å². The molecule has 0 spiro atoms. The lowest BCUT2D eigenvalue weighted by molar-refractivity contribution is -0.136. The van der Waals surface area contributed by atoms with Gasteiger partial charge in [-0.05, 0) is 0 Å². The molecule has 3 N–H and O–H groups in total. The van der Waals surface area contributed by atoms with E-state index in [0.717, 1.165) is 4.90 Å². The molecule has 1 saturated heterocycles. The van der Waals surface area contributed by atoms with Crippen molar-refractivity contribution in [1.29, 1.82) is 0 Å². The molecule has 6 heteroatoms. The molecule has 4 nitrogen and oxygen atoms in total. The third-order valence-corrected chi connectivity index (χ3v) is 2.07. The molecule has 0 aromatic rings. The summed E-state index contributed by atoms with van der Waals surface area (Å²) in [5.74, 6) is -0.410. The summed E-state index contributed by atoms with van der Waals surface area (Å²) in [5, 5.41) is 2.81. The molecule has 1 rings (SSSR count). The van der Waals surface area contributed by atoms with Gasteiger partial charge >= 0.3 is 0 Å². The minimum Gasteiger partial charge on any atom is -0.330 e. The zero-order chi connectivity index (χ0) is 9.84. The van der Waals surface area contributed by atoms with Crippen LogP contribution in [0.2, 0.25) is 0 Å². The van der Waals surface area contributed by atoms with Crippen LogP contribution in [0.25, 0.3) is 0 Å². The summed E-state index contributed by atoms with van der Waals surface area (Å²) in [6.07, 6.45) is -2.51. The van der Waals surface area contributed by atoms with Gasteiger partial charge in [0.05, 0.1) is 6.54 Å². The Morgan fingerprint density at radius 2 is 2.38 bits per heavy atom. The van der Waals surface area contributed by atoms with Crippen molar-refractivity contribution < 1.29 is 13.6 Å². The summed E-state index contributed by atoms with van der Waals surface area (Å²) < 4.78 is 24.8. The number of halogens is 2. The van der Waals surface area contributed by atoms with Crippen LogP contribution in [0.3, 0.4) is 0 Å². The van der Waals surface area contributed by atoms with Gasteiger partial charge in [-0.3, -0.25) is 4.79 Å². The van der Waals surface area contributed by atoms with Gasteiger partial charge in [0.15, 0.2) is 0 Å². The van der Waals surface area contributed by atoms with Crippen molar-refractivity contribution in [3.63, 3.8) is 0 Å². The van der Waals surface area contributed by atoms with Crippen molar-refractivity contribution >= 4 is 5.91 Å². The summed E-state index contributed by atoms with van der Waals surface area (Å²) in [6.45, 7) is 0.798. The number of rotatable bonds is 2. The Balaban J connectivity index is 2.61. The van der Waals surface area contributed by atoms with Crippen LogP contribution in [0.1, 0.15) is 0 Å². The van der Waals surface area contributed by atoms with Crippen LogP contribution in [-0.2, 0) is 4.79 Å². The van der Waals surface area contributed by atoms with Gasteiger partial charge in [-0.2, -0.15) is 0 Å². The molecule has 1 unspecified atom stereocenters. The first-order valence-corrected chi connectivity index (χ1v) is 4.15. The molecule has 0 aromatic carbocycles. The monoisotopic (exact) mass is 193 g/mol. The fourth-order valence-corrected chi connectivity index (χ4v) is 1.38. The Bertz CT molecular complexity index is 189. The topological polar surface area (TPSA) is 58.4 Å². The molecule has 1 aliphatic rings. The van der Waals surface area contributed by atoms with Gasteiger partial charge in [-0.25, -0.2) is 8.78 Å². The van der Waals surface area contributed by atoms with E-state index in [-0.39, 0.29) is 13.1 Å². The van der Waals surface area contributed by atoms with Crippen molar-refractivity contribution in [2.45, 2.75) is 12.5 Å². The number of nitrogens with two attached hydrogens (primary N) is 1. The van der Waals surface area contributed by atoms with Gasteiger partial charge in [0, 0.05) is 19.6 Å². The number of alkyl halides is 2. The van der Waals surface area contributed by atoms with Crippen LogP contribution in [0.15, 0.2) is 0 Å². The first-order valence-electron chi connectivity index (χ1n) is 4.15. The Kier molecular flexibility index (Phi) is 3.56. The standard InChI is InChI=1S/C7H13F2N3O/c8-7(9)5-4-11-1-2-12(5)6(13)3-10/h5,7,11H,1-4,10H2. The molecular formula is C7H13F2N3O. The number of nitrogens with one attached hydrogen (secondary N) is 1. The van der Waals surface area contributed by atoms with E-state index in [1.165, 1.54) is 0 Å². The summed E-state index contributed by atoms with van der Waals surface area (Å²) in [6, 6.07) is -1.02. The molecule has 0 saturated carbocycles. The molecule has 76 valence electrons. The molecule has 1 atom stereocenters. The third kappa shape index (κ3) is 2.35. The lowest BCUT2D eigenvalue weighted by Crippen LogP contribution is -2.57.